The lowest BCUT2D eigenvalue weighted by atomic mass is 9.97. The zero-order valence-corrected chi connectivity index (χ0v) is 12.2. The van der Waals surface area contributed by atoms with Crippen LogP contribution in [0.4, 0.5) is 5.82 Å². The fourth-order valence-corrected chi connectivity index (χ4v) is 2.03. The predicted octanol–water partition coefficient (Wildman–Crippen LogP) is -0.575. The van der Waals surface area contributed by atoms with Gasteiger partial charge in [0.1, 0.15) is 5.82 Å². The van der Waals surface area contributed by atoms with Gasteiger partial charge in [0, 0.05) is 31.7 Å². The van der Waals surface area contributed by atoms with Gasteiger partial charge in [-0.25, -0.2) is 4.79 Å². The summed E-state index contributed by atoms with van der Waals surface area (Å²) < 4.78 is 1.01. The first-order valence-corrected chi connectivity index (χ1v) is 6.55. The monoisotopic (exact) mass is 280 g/mol. The van der Waals surface area contributed by atoms with Crippen molar-refractivity contribution >= 4 is 11.7 Å². The second kappa shape index (κ2) is 4.81. The summed E-state index contributed by atoms with van der Waals surface area (Å²) in [5, 5.41) is 2.92. The van der Waals surface area contributed by atoms with Crippen molar-refractivity contribution in [2.45, 2.75) is 26.3 Å². The summed E-state index contributed by atoms with van der Waals surface area (Å²) in [6, 6.07) is 1.37. The first kappa shape index (κ1) is 14.4. The molecule has 1 saturated heterocycles. The average molecular weight is 280 g/mol. The van der Waals surface area contributed by atoms with Gasteiger partial charge in [-0.15, -0.1) is 0 Å². The molecule has 110 valence electrons. The molecule has 2 N–H and O–H groups in total. The third-order valence-electron chi connectivity index (χ3n) is 3.22. The minimum absolute atomic E-state index is 0.0000643. The maximum atomic E-state index is 11.9. The van der Waals surface area contributed by atoms with Crippen LogP contribution in [-0.4, -0.2) is 34.1 Å². The number of nitrogens with one attached hydrogen (secondary N) is 2. The number of aromatic nitrogens is 2. The van der Waals surface area contributed by atoms with Crippen LogP contribution in [-0.2, 0) is 11.8 Å². The molecular formula is C13H20N4O3. The van der Waals surface area contributed by atoms with E-state index in [1.807, 2.05) is 25.7 Å². The van der Waals surface area contributed by atoms with Crippen molar-refractivity contribution in [2.75, 3.05) is 18.0 Å². The van der Waals surface area contributed by atoms with Gasteiger partial charge in [0.25, 0.3) is 5.56 Å². The van der Waals surface area contributed by atoms with E-state index in [0.29, 0.717) is 18.9 Å². The molecule has 0 aliphatic carbocycles. The Kier molecular flexibility index (Phi) is 3.45. The molecular weight excluding hydrogens is 260 g/mol. The summed E-state index contributed by atoms with van der Waals surface area (Å²) in [5.41, 5.74) is -1.06. The standard InChI is InChI=1S/C13H20N4O3/c1-13(2,3)15-11(19)8-6-17(7-8)9-5-10(18)16(4)12(20)14-9/h5,8H,6-7H2,1-4H3,(H,14,20)(H,15,19). The Morgan fingerprint density at radius 2 is 1.95 bits per heavy atom. The zero-order chi connectivity index (χ0) is 15.1. The lowest BCUT2D eigenvalue weighted by Gasteiger charge is -2.40. The summed E-state index contributed by atoms with van der Waals surface area (Å²) in [5.74, 6) is 0.361. The number of hydrogen-bond donors (Lipinski definition) is 2. The van der Waals surface area contributed by atoms with Crippen molar-refractivity contribution in [1.29, 1.82) is 0 Å². The SMILES string of the molecule is Cn1c(=O)cc(N2CC(C(=O)NC(C)(C)C)C2)[nH]c1=O. The molecule has 1 aromatic heterocycles. The molecule has 0 unspecified atom stereocenters. The highest BCUT2D eigenvalue weighted by Gasteiger charge is 2.34. The van der Waals surface area contributed by atoms with Gasteiger partial charge in [-0.2, -0.15) is 0 Å². The van der Waals surface area contributed by atoms with Gasteiger partial charge >= 0.3 is 5.69 Å². The fraction of sp³-hybridized carbons (Fsp3) is 0.615. The summed E-state index contributed by atoms with van der Waals surface area (Å²) in [6.07, 6.45) is 0. The quantitative estimate of drug-likeness (QED) is 0.759. The Morgan fingerprint density at radius 1 is 1.35 bits per heavy atom. The van der Waals surface area contributed by atoms with Crippen molar-refractivity contribution in [2.24, 2.45) is 13.0 Å². The third-order valence-corrected chi connectivity index (χ3v) is 3.22. The van der Waals surface area contributed by atoms with E-state index in [-0.39, 0.29) is 22.9 Å². The van der Waals surface area contributed by atoms with Gasteiger partial charge in [0.15, 0.2) is 0 Å². The number of carbonyl (C=O) groups excluding carboxylic acids is 1. The number of anilines is 1. The number of H-pyrrole nitrogens is 1. The molecule has 0 saturated carbocycles. The number of hydrogen-bond acceptors (Lipinski definition) is 4. The van der Waals surface area contributed by atoms with Crippen LogP contribution < -0.4 is 21.5 Å². The summed E-state index contributed by atoms with van der Waals surface area (Å²) >= 11 is 0. The second-order valence-corrected chi connectivity index (χ2v) is 6.20. The number of aromatic amines is 1. The molecule has 2 rings (SSSR count). The minimum Gasteiger partial charge on any atom is -0.356 e. The molecule has 7 nitrogen and oxygen atoms in total. The normalized spacial score (nSPS) is 15.9. The predicted molar refractivity (Wildman–Crippen MR) is 75.9 cm³/mol. The van der Waals surface area contributed by atoms with Crippen molar-refractivity contribution in [1.82, 2.24) is 14.9 Å². The highest BCUT2D eigenvalue weighted by Crippen LogP contribution is 2.21. The minimum atomic E-state index is -0.449. The number of amides is 1. The first-order chi connectivity index (χ1) is 9.17. The van der Waals surface area contributed by atoms with Gasteiger partial charge in [0.2, 0.25) is 5.91 Å². The molecule has 1 fully saturated rings. The Morgan fingerprint density at radius 3 is 2.45 bits per heavy atom. The molecule has 1 aliphatic heterocycles. The topological polar surface area (TPSA) is 87.2 Å². The molecule has 1 aromatic rings. The van der Waals surface area contributed by atoms with E-state index in [0.717, 1.165) is 4.57 Å². The molecule has 1 amide bonds. The van der Waals surface area contributed by atoms with Crippen LogP contribution >= 0.6 is 0 Å². The third kappa shape index (κ3) is 2.92. The summed E-state index contributed by atoms with van der Waals surface area (Å²) in [4.78, 5) is 39.4. The molecule has 0 spiro atoms. The van der Waals surface area contributed by atoms with E-state index in [2.05, 4.69) is 10.3 Å². The van der Waals surface area contributed by atoms with Crippen molar-refractivity contribution in [3.8, 4) is 0 Å². The van der Waals surface area contributed by atoms with E-state index in [9.17, 15) is 14.4 Å². The lowest BCUT2D eigenvalue weighted by molar-refractivity contribution is -0.127. The van der Waals surface area contributed by atoms with E-state index in [1.165, 1.54) is 13.1 Å². The molecule has 1 aliphatic rings. The van der Waals surface area contributed by atoms with Gasteiger partial charge in [-0.3, -0.25) is 19.1 Å². The largest absolute Gasteiger partial charge is 0.356 e. The van der Waals surface area contributed by atoms with E-state index in [4.69, 9.17) is 0 Å². The molecule has 0 atom stereocenters. The van der Waals surface area contributed by atoms with Crippen LogP contribution in [0.2, 0.25) is 0 Å². The first-order valence-electron chi connectivity index (χ1n) is 6.55. The van der Waals surface area contributed by atoms with Crippen LogP contribution in [0.3, 0.4) is 0 Å². The van der Waals surface area contributed by atoms with E-state index < -0.39 is 5.69 Å². The highest BCUT2D eigenvalue weighted by atomic mass is 16.2. The van der Waals surface area contributed by atoms with Crippen LogP contribution in [0, 0.1) is 5.92 Å². The Balaban J connectivity index is 2.02. The van der Waals surface area contributed by atoms with Gasteiger partial charge in [0.05, 0.1) is 5.92 Å². The van der Waals surface area contributed by atoms with Crippen molar-refractivity contribution < 1.29 is 4.79 Å². The van der Waals surface area contributed by atoms with Crippen LogP contribution in [0.25, 0.3) is 0 Å². The van der Waals surface area contributed by atoms with E-state index >= 15 is 0 Å². The van der Waals surface area contributed by atoms with Crippen LogP contribution in [0.15, 0.2) is 15.7 Å². The van der Waals surface area contributed by atoms with E-state index in [1.54, 1.807) is 0 Å². The second-order valence-electron chi connectivity index (χ2n) is 6.20. The summed E-state index contributed by atoms with van der Waals surface area (Å²) in [7, 11) is 1.42. The smallest absolute Gasteiger partial charge is 0.329 e. The zero-order valence-electron chi connectivity index (χ0n) is 12.2. The Hall–Kier alpha value is -2.05. The van der Waals surface area contributed by atoms with Crippen LogP contribution in [0.1, 0.15) is 20.8 Å². The van der Waals surface area contributed by atoms with Crippen LogP contribution in [0.5, 0.6) is 0 Å². The Bertz CT molecular complexity index is 601. The maximum Gasteiger partial charge on any atom is 0.329 e. The van der Waals surface area contributed by atoms with Crippen molar-refractivity contribution in [3.05, 3.63) is 26.9 Å². The summed E-state index contributed by atoms with van der Waals surface area (Å²) in [6.45, 7) is 6.80. The molecule has 0 bridgehead atoms. The van der Waals surface area contributed by atoms with Crippen molar-refractivity contribution in [3.63, 3.8) is 0 Å². The molecule has 2 heterocycles. The van der Waals surface area contributed by atoms with Gasteiger partial charge < -0.3 is 10.2 Å². The van der Waals surface area contributed by atoms with Gasteiger partial charge in [-0.1, -0.05) is 0 Å². The molecule has 7 heteroatoms. The Labute approximate surface area is 116 Å². The van der Waals surface area contributed by atoms with Gasteiger partial charge in [-0.05, 0) is 20.8 Å². The average Bonchev–Trinajstić information content (AvgIpc) is 2.20. The number of carbonyl (C=O) groups is 1. The number of nitrogens with zero attached hydrogens (tertiary/aromatic N) is 2. The lowest BCUT2D eigenvalue weighted by Crippen LogP contribution is -2.57. The fourth-order valence-electron chi connectivity index (χ4n) is 2.03. The maximum absolute atomic E-state index is 11.9. The number of rotatable bonds is 2. The molecule has 20 heavy (non-hydrogen) atoms. The molecule has 0 radical (unpaired) electrons. The molecule has 0 aromatic carbocycles. The highest BCUT2D eigenvalue weighted by molar-refractivity contribution is 5.82.